The second kappa shape index (κ2) is 12.7. The average molecular weight is 665 g/mol. The van der Waals surface area contributed by atoms with Crippen molar-refractivity contribution in [3.63, 3.8) is 0 Å². The number of halogens is 7. The van der Waals surface area contributed by atoms with Crippen molar-refractivity contribution in [1.82, 2.24) is 14.8 Å². The standard InChI is InChI=1S/C33H31F7N4O3/c34-24-6-4-21(5-7-24)26-18-27(42-12-8-25(9-13-42)44-11-1-3-28(44)45)41-30-29(26)31(46)43(10-2-14-47-30)19-20-15-22(32(35,36)37)17-23(16-20)33(38,39)40/h4-7,15-18,25H,1-3,8-14,19H2. The van der Waals surface area contributed by atoms with Crippen molar-refractivity contribution in [1.29, 1.82) is 0 Å². The molecule has 2 fully saturated rings. The van der Waals surface area contributed by atoms with E-state index in [4.69, 9.17) is 4.74 Å². The van der Waals surface area contributed by atoms with Crippen LogP contribution in [0.4, 0.5) is 36.6 Å². The summed E-state index contributed by atoms with van der Waals surface area (Å²) >= 11 is 0. The minimum atomic E-state index is -5.04. The Morgan fingerprint density at radius 1 is 0.830 bits per heavy atom. The van der Waals surface area contributed by atoms with Crippen molar-refractivity contribution in [2.45, 2.75) is 57.0 Å². The highest BCUT2D eigenvalue weighted by Gasteiger charge is 2.38. The largest absolute Gasteiger partial charge is 0.477 e. The van der Waals surface area contributed by atoms with Gasteiger partial charge in [0.25, 0.3) is 5.91 Å². The number of pyridine rings is 1. The lowest BCUT2D eigenvalue weighted by Gasteiger charge is -2.37. The molecule has 3 aliphatic heterocycles. The zero-order valence-electron chi connectivity index (χ0n) is 25.1. The van der Waals surface area contributed by atoms with E-state index in [0.717, 1.165) is 13.0 Å². The number of carbonyl (C=O) groups is 2. The lowest BCUT2D eigenvalue weighted by molar-refractivity contribution is -0.143. The van der Waals surface area contributed by atoms with Gasteiger partial charge in [-0.15, -0.1) is 0 Å². The van der Waals surface area contributed by atoms with Gasteiger partial charge < -0.3 is 19.4 Å². The third-order valence-electron chi connectivity index (χ3n) is 8.80. The maximum Gasteiger partial charge on any atom is 0.416 e. The van der Waals surface area contributed by atoms with Crippen LogP contribution in [0.5, 0.6) is 5.88 Å². The highest BCUT2D eigenvalue weighted by Crippen LogP contribution is 2.39. The second-order valence-corrected chi connectivity index (χ2v) is 12.0. The highest BCUT2D eigenvalue weighted by molar-refractivity contribution is 6.03. The monoisotopic (exact) mass is 664 g/mol. The van der Waals surface area contributed by atoms with E-state index in [9.17, 15) is 40.3 Å². The van der Waals surface area contributed by atoms with E-state index in [1.54, 1.807) is 6.07 Å². The molecule has 0 radical (unpaired) electrons. The molecule has 7 nitrogen and oxygen atoms in total. The van der Waals surface area contributed by atoms with Crippen LogP contribution >= 0.6 is 0 Å². The zero-order valence-corrected chi connectivity index (χ0v) is 25.1. The normalized spacial score (nSPS) is 18.2. The summed E-state index contributed by atoms with van der Waals surface area (Å²) in [6.07, 6.45) is -7.03. The lowest BCUT2D eigenvalue weighted by atomic mass is 9.98. The van der Waals surface area contributed by atoms with Crippen LogP contribution in [0.3, 0.4) is 0 Å². The fraction of sp³-hybridized carbons (Fsp3) is 0.424. The number of hydrogen-bond acceptors (Lipinski definition) is 5. The van der Waals surface area contributed by atoms with Crippen LogP contribution < -0.4 is 9.64 Å². The van der Waals surface area contributed by atoms with Crippen molar-refractivity contribution in [3.05, 3.63) is 76.6 Å². The highest BCUT2D eigenvalue weighted by atomic mass is 19.4. The van der Waals surface area contributed by atoms with Gasteiger partial charge >= 0.3 is 12.4 Å². The van der Waals surface area contributed by atoms with Crippen LogP contribution in [-0.2, 0) is 23.7 Å². The van der Waals surface area contributed by atoms with Crippen LogP contribution in [0.2, 0.25) is 0 Å². The first kappa shape index (κ1) is 32.6. The molecular formula is C33H31F7N4O3. The molecule has 6 rings (SSSR count). The maximum absolute atomic E-state index is 14.2. The summed E-state index contributed by atoms with van der Waals surface area (Å²) in [5.74, 6) is -0.609. The molecule has 1 aromatic heterocycles. The second-order valence-electron chi connectivity index (χ2n) is 12.0. The summed E-state index contributed by atoms with van der Waals surface area (Å²) < 4.78 is 101. The molecule has 0 unspecified atom stereocenters. The van der Waals surface area contributed by atoms with E-state index in [0.29, 0.717) is 61.4 Å². The van der Waals surface area contributed by atoms with E-state index in [1.807, 2.05) is 9.80 Å². The Labute approximate surface area is 265 Å². The first-order valence-corrected chi connectivity index (χ1v) is 15.3. The fourth-order valence-corrected chi connectivity index (χ4v) is 6.47. The molecule has 250 valence electrons. The number of fused-ring (bicyclic) bond motifs is 1. The number of ether oxygens (including phenoxy) is 1. The number of amides is 2. The summed E-state index contributed by atoms with van der Waals surface area (Å²) in [7, 11) is 0. The first-order chi connectivity index (χ1) is 22.3. The molecule has 2 aromatic carbocycles. The van der Waals surface area contributed by atoms with Gasteiger partial charge in [0, 0.05) is 50.7 Å². The van der Waals surface area contributed by atoms with E-state index in [1.165, 1.54) is 29.2 Å². The van der Waals surface area contributed by atoms with Gasteiger partial charge in [-0.2, -0.15) is 31.3 Å². The summed E-state index contributed by atoms with van der Waals surface area (Å²) in [5, 5.41) is 0. The Morgan fingerprint density at radius 3 is 2.09 bits per heavy atom. The summed E-state index contributed by atoms with van der Waals surface area (Å²) in [6.45, 7) is 1.41. The molecule has 0 aliphatic carbocycles. The molecule has 0 bridgehead atoms. The number of piperidine rings is 1. The number of nitrogens with zero attached hydrogens (tertiary/aromatic N) is 4. The van der Waals surface area contributed by atoms with Gasteiger partial charge in [0.05, 0.1) is 17.7 Å². The number of carbonyl (C=O) groups excluding carboxylic acids is 2. The molecule has 47 heavy (non-hydrogen) atoms. The molecular weight excluding hydrogens is 633 g/mol. The minimum Gasteiger partial charge on any atom is -0.477 e. The molecule has 0 N–H and O–H groups in total. The smallest absolute Gasteiger partial charge is 0.416 e. The van der Waals surface area contributed by atoms with Gasteiger partial charge in [-0.25, -0.2) is 4.39 Å². The molecule has 0 spiro atoms. The Morgan fingerprint density at radius 2 is 1.49 bits per heavy atom. The number of alkyl halides is 6. The zero-order chi connectivity index (χ0) is 33.5. The molecule has 2 amide bonds. The van der Waals surface area contributed by atoms with Gasteiger partial charge in [0.1, 0.15) is 17.2 Å². The number of anilines is 1. The van der Waals surface area contributed by atoms with Crippen LogP contribution in [0, 0.1) is 5.82 Å². The molecule has 2 saturated heterocycles. The van der Waals surface area contributed by atoms with Gasteiger partial charge in [-0.1, -0.05) is 12.1 Å². The topological polar surface area (TPSA) is 66.0 Å². The van der Waals surface area contributed by atoms with Crippen LogP contribution in [0.15, 0.2) is 48.5 Å². The minimum absolute atomic E-state index is 0.0107. The number of hydrogen-bond donors (Lipinski definition) is 0. The third kappa shape index (κ3) is 7.01. The molecule has 4 heterocycles. The van der Waals surface area contributed by atoms with Gasteiger partial charge in [0.15, 0.2) is 0 Å². The predicted molar refractivity (Wildman–Crippen MR) is 157 cm³/mol. The Bertz CT molecular complexity index is 1620. The fourth-order valence-electron chi connectivity index (χ4n) is 6.47. The molecule has 14 heteroatoms. The molecule has 3 aromatic rings. The van der Waals surface area contributed by atoms with Gasteiger partial charge in [-0.3, -0.25) is 9.59 Å². The Kier molecular flexibility index (Phi) is 8.79. The van der Waals surface area contributed by atoms with Crippen LogP contribution in [0.25, 0.3) is 11.1 Å². The molecule has 0 atom stereocenters. The van der Waals surface area contributed by atoms with E-state index in [2.05, 4.69) is 4.98 Å². The molecule has 3 aliphatic rings. The van der Waals surface area contributed by atoms with Crippen molar-refractivity contribution < 1.29 is 45.1 Å². The van der Waals surface area contributed by atoms with Gasteiger partial charge in [-0.05, 0) is 73.2 Å². The third-order valence-corrected chi connectivity index (χ3v) is 8.80. The van der Waals surface area contributed by atoms with Gasteiger partial charge in [0.2, 0.25) is 11.8 Å². The Hall–Kier alpha value is -4.36. The summed E-state index contributed by atoms with van der Waals surface area (Å²) in [4.78, 5) is 36.2. The van der Waals surface area contributed by atoms with Crippen molar-refractivity contribution in [2.24, 2.45) is 0 Å². The van der Waals surface area contributed by atoms with Crippen molar-refractivity contribution in [2.75, 3.05) is 37.7 Å². The van der Waals surface area contributed by atoms with Crippen LogP contribution in [-0.4, -0.2) is 65.4 Å². The van der Waals surface area contributed by atoms with Crippen LogP contribution in [0.1, 0.15) is 59.2 Å². The first-order valence-electron chi connectivity index (χ1n) is 15.3. The predicted octanol–water partition coefficient (Wildman–Crippen LogP) is 6.94. The Balaban J connectivity index is 1.36. The number of rotatable bonds is 5. The quantitative estimate of drug-likeness (QED) is 0.277. The maximum atomic E-state index is 14.2. The van der Waals surface area contributed by atoms with E-state index in [-0.39, 0.29) is 54.6 Å². The number of likely N-dealkylation sites (tertiary alicyclic amines) is 1. The molecule has 0 saturated carbocycles. The number of benzene rings is 2. The van der Waals surface area contributed by atoms with Crippen molar-refractivity contribution >= 4 is 17.6 Å². The van der Waals surface area contributed by atoms with E-state index >= 15 is 0 Å². The summed E-state index contributed by atoms with van der Waals surface area (Å²) in [6, 6.07) is 8.42. The average Bonchev–Trinajstić information content (AvgIpc) is 3.46. The van der Waals surface area contributed by atoms with Crippen molar-refractivity contribution in [3.8, 4) is 17.0 Å². The number of aromatic nitrogens is 1. The lowest BCUT2D eigenvalue weighted by Crippen LogP contribution is -2.45. The summed E-state index contributed by atoms with van der Waals surface area (Å²) in [5.41, 5.74) is -2.53. The van der Waals surface area contributed by atoms with E-state index < -0.39 is 41.7 Å². The SMILES string of the molecule is O=C1c2c(-c3ccc(F)cc3)cc(N3CCC(N4CCCC4=O)CC3)nc2OCCCN1Cc1cc(C(F)(F)F)cc(C(F)(F)F)c1.